The summed E-state index contributed by atoms with van der Waals surface area (Å²) in [4.78, 5) is 38.5. The summed E-state index contributed by atoms with van der Waals surface area (Å²) in [7, 11) is 0. The number of benzene rings is 1. The first-order valence-corrected chi connectivity index (χ1v) is 8.24. The van der Waals surface area contributed by atoms with Crippen LogP contribution < -0.4 is 11.1 Å². The number of hydrogen-bond acceptors (Lipinski definition) is 4. The van der Waals surface area contributed by atoms with E-state index in [1.54, 1.807) is 17.0 Å². The van der Waals surface area contributed by atoms with Gasteiger partial charge >= 0.3 is 6.09 Å². The van der Waals surface area contributed by atoms with Crippen molar-refractivity contribution in [2.24, 2.45) is 5.73 Å². The summed E-state index contributed by atoms with van der Waals surface area (Å²) in [5, 5.41) is 12.1. The molecule has 1 saturated heterocycles. The number of anilines is 1. The zero-order valence-corrected chi connectivity index (χ0v) is 14.3. The first-order chi connectivity index (χ1) is 11.9. The highest BCUT2D eigenvalue weighted by molar-refractivity contribution is 5.91. The molecule has 1 fully saturated rings. The second kappa shape index (κ2) is 8.48. The smallest absolute Gasteiger partial charge is 0.407 e. The number of rotatable bonds is 5. The molecule has 0 aromatic heterocycles. The number of nitrogens with zero attached hydrogens (tertiary/aromatic N) is 2. The lowest BCUT2D eigenvalue weighted by molar-refractivity contribution is -0.134. The molecule has 1 atom stereocenters. The molecule has 1 aromatic carbocycles. The molecule has 1 aromatic rings. The van der Waals surface area contributed by atoms with Crippen LogP contribution in [0.1, 0.15) is 18.4 Å². The molecule has 1 heterocycles. The largest absolute Gasteiger partial charge is 0.465 e. The van der Waals surface area contributed by atoms with E-state index in [0.717, 1.165) is 5.56 Å². The molecule has 8 nitrogen and oxygen atoms in total. The minimum absolute atomic E-state index is 0.00736. The van der Waals surface area contributed by atoms with E-state index in [-0.39, 0.29) is 44.3 Å². The van der Waals surface area contributed by atoms with Crippen LogP contribution >= 0.6 is 0 Å². The maximum atomic E-state index is 12.3. The third-order valence-electron chi connectivity index (χ3n) is 4.20. The average molecular weight is 348 g/mol. The summed E-state index contributed by atoms with van der Waals surface area (Å²) in [6.45, 7) is 2.91. The van der Waals surface area contributed by atoms with Gasteiger partial charge in [-0.2, -0.15) is 0 Å². The summed E-state index contributed by atoms with van der Waals surface area (Å²) >= 11 is 0. The first kappa shape index (κ1) is 18.7. The van der Waals surface area contributed by atoms with Crippen molar-refractivity contribution in [1.82, 2.24) is 9.80 Å². The van der Waals surface area contributed by atoms with Crippen LogP contribution in [-0.2, 0) is 9.59 Å². The van der Waals surface area contributed by atoms with Crippen molar-refractivity contribution in [2.45, 2.75) is 25.8 Å². The van der Waals surface area contributed by atoms with E-state index in [1.165, 1.54) is 4.90 Å². The number of carbonyl (C=O) groups is 3. The van der Waals surface area contributed by atoms with Crippen LogP contribution in [0.15, 0.2) is 24.3 Å². The van der Waals surface area contributed by atoms with Crippen LogP contribution in [0.25, 0.3) is 0 Å². The minimum Gasteiger partial charge on any atom is -0.465 e. The SMILES string of the molecule is Cc1ccc(NC(=O)CC2CN(C(=O)CCN)CCN2C(=O)O)cc1. The Morgan fingerprint density at radius 2 is 1.92 bits per heavy atom. The van der Waals surface area contributed by atoms with Crippen molar-refractivity contribution in [2.75, 3.05) is 31.5 Å². The number of nitrogens with two attached hydrogens (primary N) is 1. The van der Waals surface area contributed by atoms with Gasteiger partial charge in [-0.05, 0) is 19.1 Å². The summed E-state index contributed by atoms with van der Waals surface area (Å²) in [6.07, 6.45) is -0.874. The fourth-order valence-corrected chi connectivity index (χ4v) is 2.85. The van der Waals surface area contributed by atoms with Gasteiger partial charge in [0.05, 0.1) is 6.04 Å². The van der Waals surface area contributed by atoms with Gasteiger partial charge in [0.25, 0.3) is 0 Å². The zero-order chi connectivity index (χ0) is 18.4. The van der Waals surface area contributed by atoms with Gasteiger partial charge in [0.15, 0.2) is 0 Å². The maximum Gasteiger partial charge on any atom is 0.407 e. The lowest BCUT2D eigenvalue weighted by Crippen LogP contribution is -2.57. The fourth-order valence-electron chi connectivity index (χ4n) is 2.85. The Kier molecular flexibility index (Phi) is 6.35. The molecule has 0 saturated carbocycles. The highest BCUT2D eigenvalue weighted by Gasteiger charge is 2.33. The molecular weight excluding hydrogens is 324 g/mol. The average Bonchev–Trinajstić information content (AvgIpc) is 2.57. The van der Waals surface area contributed by atoms with E-state index in [9.17, 15) is 19.5 Å². The second-order valence-corrected chi connectivity index (χ2v) is 6.13. The van der Waals surface area contributed by atoms with Crippen LogP contribution in [0.5, 0.6) is 0 Å². The van der Waals surface area contributed by atoms with Gasteiger partial charge < -0.3 is 26.0 Å². The van der Waals surface area contributed by atoms with Gasteiger partial charge in [-0.3, -0.25) is 9.59 Å². The highest BCUT2D eigenvalue weighted by Crippen LogP contribution is 2.16. The maximum absolute atomic E-state index is 12.3. The summed E-state index contributed by atoms with van der Waals surface area (Å²) in [5.74, 6) is -0.398. The third kappa shape index (κ3) is 5.18. The van der Waals surface area contributed by atoms with Crippen LogP contribution in [-0.4, -0.2) is 65.0 Å². The standard InChI is InChI=1S/C17H24N4O4/c1-12-2-4-13(5-3-12)19-15(22)10-14-11-20(16(23)6-7-18)8-9-21(14)17(24)25/h2-5,14H,6-11,18H2,1H3,(H,19,22)(H,24,25). The van der Waals surface area contributed by atoms with Crippen LogP contribution in [0.4, 0.5) is 10.5 Å². The van der Waals surface area contributed by atoms with Gasteiger partial charge in [-0.1, -0.05) is 17.7 Å². The van der Waals surface area contributed by atoms with E-state index in [2.05, 4.69) is 5.32 Å². The quantitative estimate of drug-likeness (QED) is 0.730. The van der Waals surface area contributed by atoms with E-state index >= 15 is 0 Å². The molecule has 1 aliphatic heterocycles. The van der Waals surface area contributed by atoms with E-state index in [1.807, 2.05) is 19.1 Å². The van der Waals surface area contributed by atoms with Crippen molar-refractivity contribution in [3.05, 3.63) is 29.8 Å². The van der Waals surface area contributed by atoms with Gasteiger partial charge in [0.2, 0.25) is 11.8 Å². The number of hydrogen-bond donors (Lipinski definition) is 3. The Morgan fingerprint density at radius 3 is 2.52 bits per heavy atom. The molecule has 4 N–H and O–H groups in total. The molecule has 0 spiro atoms. The van der Waals surface area contributed by atoms with Crippen molar-refractivity contribution < 1.29 is 19.5 Å². The molecule has 1 unspecified atom stereocenters. The topological polar surface area (TPSA) is 116 Å². The van der Waals surface area contributed by atoms with Crippen LogP contribution in [0, 0.1) is 6.92 Å². The van der Waals surface area contributed by atoms with Gasteiger partial charge in [0, 0.05) is 44.7 Å². The molecule has 8 heteroatoms. The van der Waals surface area contributed by atoms with Gasteiger partial charge in [-0.15, -0.1) is 0 Å². The molecule has 0 aliphatic carbocycles. The molecule has 1 aliphatic rings. The summed E-state index contributed by atoms with van der Waals surface area (Å²) in [5.41, 5.74) is 7.14. The molecular formula is C17H24N4O4. The predicted octanol–water partition coefficient (Wildman–Crippen LogP) is 0.863. The van der Waals surface area contributed by atoms with E-state index in [0.29, 0.717) is 12.2 Å². The number of amides is 3. The monoisotopic (exact) mass is 348 g/mol. The van der Waals surface area contributed by atoms with Gasteiger partial charge in [-0.25, -0.2) is 4.79 Å². The Hall–Kier alpha value is -2.61. The number of piperazine rings is 1. The lowest BCUT2D eigenvalue weighted by atomic mass is 10.1. The molecule has 0 bridgehead atoms. The van der Waals surface area contributed by atoms with Crippen molar-refractivity contribution >= 4 is 23.6 Å². The number of aryl methyl sites for hydroxylation is 1. The Labute approximate surface area is 146 Å². The summed E-state index contributed by atoms with van der Waals surface area (Å²) in [6, 6.07) is 6.78. The summed E-state index contributed by atoms with van der Waals surface area (Å²) < 4.78 is 0. The lowest BCUT2D eigenvalue weighted by Gasteiger charge is -2.39. The number of carboxylic acid groups (broad SMARTS) is 1. The number of nitrogens with one attached hydrogen (secondary N) is 1. The zero-order valence-electron chi connectivity index (χ0n) is 14.3. The second-order valence-electron chi connectivity index (χ2n) is 6.13. The molecule has 2 rings (SSSR count). The first-order valence-electron chi connectivity index (χ1n) is 8.24. The van der Waals surface area contributed by atoms with Crippen LogP contribution in [0.2, 0.25) is 0 Å². The van der Waals surface area contributed by atoms with Crippen LogP contribution in [0.3, 0.4) is 0 Å². The molecule has 25 heavy (non-hydrogen) atoms. The van der Waals surface area contributed by atoms with Gasteiger partial charge in [0.1, 0.15) is 0 Å². The van der Waals surface area contributed by atoms with E-state index < -0.39 is 12.1 Å². The fraction of sp³-hybridized carbons (Fsp3) is 0.471. The van der Waals surface area contributed by atoms with Crippen molar-refractivity contribution in [3.63, 3.8) is 0 Å². The Morgan fingerprint density at radius 1 is 1.24 bits per heavy atom. The van der Waals surface area contributed by atoms with Crippen molar-refractivity contribution in [3.8, 4) is 0 Å². The Bertz CT molecular complexity index is 632. The number of carbonyl (C=O) groups excluding carboxylic acids is 2. The highest BCUT2D eigenvalue weighted by atomic mass is 16.4. The molecule has 136 valence electrons. The molecule has 0 radical (unpaired) electrons. The van der Waals surface area contributed by atoms with E-state index in [4.69, 9.17) is 5.73 Å². The molecule has 3 amide bonds. The predicted molar refractivity (Wildman–Crippen MR) is 93.2 cm³/mol. The Balaban J connectivity index is 2.01. The minimum atomic E-state index is -1.08. The van der Waals surface area contributed by atoms with Crippen molar-refractivity contribution in [1.29, 1.82) is 0 Å². The third-order valence-corrected chi connectivity index (χ3v) is 4.20. The normalized spacial score (nSPS) is 17.3.